The summed E-state index contributed by atoms with van der Waals surface area (Å²) < 4.78 is 21.9. The predicted octanol–water partition coefficient (Wildman–Crippen LogP) is 4.24. The molecule has 2 unspecified atom stereocenters. The topological polar surface area (TPSA) is 107 Å². The molecule has 1 N–H and O–H groups in total. The SMILES string of the molecule is CCOC(=O)C(Cc1ccccc1)NC(=O)N1CCN(CC(OCc2ccc(C(=O)OC)cc2)c2cccc(OC)c2)CC1. The fourth-order valence-electron chi connectivity index (χ4n) is 5.04. The van der Waals surface area contributed by atoms with E-state index in [0.29, 0.717) is 51.3 Å². The van der Waals surface area contributed by atoms with Crippen LogP contribution in [0.4, 0.5) is 4.79 Å². The molecule has 1 aliphatic heterocycles. The number of methoxy groups -OCH3 is 2. The molecular formula is C34H41N3O7. The number of nitrogens with zero attached hydrogens (tertiary/aromatic N) is 2. The minimum atomic E-state index is -0.768. The van der Waals surface area contributed by atoms with Crippen LogP contribution in [-0.2, 0) is 32.0 Å². The van der Waals surface area contributed by atoms with Gasteiger partial charge in [-0.15, -0.1) is 0 Å². The molecule has 0 radical (unpaired) electrons. The van der Waals surface area contributed by atoms with E-state index in [1.165, 1.54) is 7.11 Å². The molecule has 1 heterocycles. The van der Waals surface area contributed by atoms with Crippen LogP contribution in [0.2, 0.25) is 0 Å². The molecule has 0 aliphatic carbocycles. The maximum atomic E-state index is 13.2. The maximum absolute atomic E-state index is 13.2. The Balaban J connectivity index is 1.36. The molecule has 10 nitrogen and oxygen atoms in total. The second-order valence-electron chi connectivity index (χ2n) is 10.5. The Morgan fingerprint density at radius 1 is 0.864 bits per heavy atom. The lowest BCUT2D eigenvalue weighted by atomic mass is 10.1. The Hall–Kier alpha value is -4.41. The number of carbonyl (C=O) groups is 3. The van der Waals surface area contributed by atoms with E-state index in [0.717, 1.165) is 22.4 Å². The van der Waals surface area contributed by atoms with Crippen LogP contribution in [0.1, 0.15) is 40.1 Å². The summed E-state index contributed by atoms with van der Waals surface area (Å²) in [5.74, 6) is -0.0830. The Labute approximate surface area is 258 Å². The van der Waals surface area contributed by atoms with Gasteiger partial charge in [0.2, 0.25) is 0 Å². The molecule has 0 saturated carbocycles. The number of piperazine rings is 1. The number of urea groups is 1. The molecule has 3 aromatic carbocycles. The fourth-order valence-corrected chi connectivity index (χ4v) is 5.04. The van der Waals surface area contributed by atoms with E-state index in [-0.39, 0.29) is 24.7 Å². The number of hydrogen-bond donors (Lipinski definition) is 1. The van der Waals surface area contributed by atoms with Crippen molar-refractivity contribution in [3.63, 3.8) is 0 Å². The van der Waals surface area contributed by atoms with Crippen LogP contribution in [-0.4, -0.2) is 87.4 Å². The third-order valence-electron chi connectivity index (χ3n) is 7.53. The van der Waals surface area contributed by atoms with Crippen LogP contribution >= 0.6 is 0 Å². The molecule has 0 spiro atoms. The molecule has 1 fully saturated rings. The molecule has 2 atom stereocenters. The summed E-state index contributed by atoms with van der Waals surface area (Å²) in [6.45, 7) is 5.27. The zero-order valence-corrected chi connectivity index (χ0v) is 25.6. The highest BCUT2D eigenvalue weighted by molar-refractivity contribution is 5.89. The van der Waals surface area contributed by atoms with Gasteiger partial charge in [0, 0.05) is 39.1 Å². The van der Waals surface area contributed by atoms with E-state index in [2.05, 4.69) is 10.2 Å². The van der Waals surface area contributed by atoms with Gasteiger partial charge in [-0.25, -0.2) is 14.4 Å². The van der Waals surface area contributed by atoms with Gasteiger partial charge < -0.3 is 29.2 Å². The molecule has 234 valence electrons. The standard InChI is InChI=1S/C34H41N3O7/c1-4-43-33(39)30(21-25-9-6-5-7-10-25)35-34(40)37-19-17-36(18-20-37)23-31(28-11-8-12-29(22-28)41-2)44-24-26-13-15-27(16-14-26)32(38)42-3/h5-16,22,30-31H,4,17-21,23-24H2,1-3H3,(H,35,40). The highest BCUT2D eigenvalue weighted by Crippen LogP contribution is 2.25. The number of rotatable bonds is 13. The van der Waals surface area contributed by atoms with Crippen molar-refractivity contribution in [2.24, 2.45) is 0 Å². The van der Waals surface area contributed by atoms with E-state index >= 15 is 0 Å². The Kier molecular flexibility index (Phi) is 12.1. The molecule has 1 saturated heterocycles. The van der Waals surface area contributed by atoms with Crippen molar-refractivity contribution in [3.05, 3.63) is 101 Å². The summed E-state index contributed by atoms with van der Waals surface area (Å²) in [6, 6.07) is 23.5. The third kappa shape index (κ3) is 9.29. The molecule has 4 rings (SSSR count). The average molecular weight is 604 g/mol. The lowest BCUT2D eigenvalue weighted by Gasteiger charge is -2.37. The molecule has 10 heteroatoms. The van der Waals surface area contributed by atoms with Crippen LogP contribution in [0.5, 0.6) is 5.75 Å². The summed E-state index contributed by atoms with van der Waals surface area (Å²) in [6.07, 6.45) is 0.0981. The number of hydrogen-bond acceptors (Lipinski definition) is 8. The van der Waals surface area contributed by atoms with Gasteiger partial charge in [-0.05, 0) is 47.9 Å². The minimum Gasteiger partial charge on any atom is -0.497 e. The lowest BCUT2D eigenvalue weighted by molar-refractivity contribution is -0.145. The minimum absolute atomic E-state index is 0.244. The van der Waals surface area contributed by atoms with Crippen molar-refractivity contribution in [1.82, 2.24) is 15.1 Å². The second-order valence-corrected chi connectivity index (χ2v) is 10.5. The highest BCUT2D eigenvalue weighted by Gasteiger charge is 2.28. The van der Waals surface area contributed by atoms with Gasteiger partial charge in [0.15, 0.2) is 0 Å². The largest absolute Gasteiger partial charge is 0.497 e. The number of esters is 2. The summed E-state index contributed by atoms with van der Waals surface area (Å²) >= 11 is 0. The number of amides is 2. The molecule has 2 amide bonds. The third-order valence-corrected chi connectivity index (χ3v) is 7.53. The van der Waals surface area contributed by atoms with Gasteiger partial charge in [-0.3, -0.25) is 4.90 Å². The van der Waals surface area contributed by atoms with Crippen molar-refractivity contribution in [2.75, 3.05) is 53.6 Å². The van der Waals surface area contributed by atoms with Crippen molar-refractivity contribution < 1.29 is 33.3 Å². The quantitative estimate of drug-likeness (QED) is 0.289. The first kappa shape index (κ1) is 32.5. The van der Waals surface area contributed by atoms with Crippen molar-refractivity contribution in [3.8, 4) is 5.75 Å². The Morgan fingerprint density at radius 3 is 2.25 bits per heavy atom. The van der Waals surface area contributed by atoms with Gasteiger partial charge >= 0.3 is 18.0 Å². The zero-order valence-electron chi connectivity index (χ0n) is 25.6. The van der Waals surface area contributed by atoms with E-state index in [4.69, 9.17) is 18.9 Å². The smallest absolute Gasteiger partial charge is 0.337 e. The first-order valence-corrected chi connectivity index (χ1v) is 14.8. The van der Waals surface area contributed by atoms with E-state index in [1.54, 1.807) is 31.1 Å². The summed E-state index contributed by atoms with van der Waals surface area (Å²) in [5, 5.41) is 2.89. The van der Waals surface area contributed by atoms with Gasteiger partial charge in [0.05, 0.1) is 39.1 Å². The lowest BCUT2D eigenvalue weighted by Crippen LogP contribution is -2.55. The Morgan fingerprint density at radius 2 is 1.59 bits per heavy atom. The van der Waals surface area contributed by atoms with Crippen molar-refractivity contribution in [2.45, 2.75) is 32.1 Å². The van der Waals surface area contributed by atoms with Crippen LogP contribution in [0.25, 0.3) is 0 Å². The average Bonchev–Trinajstić information content (AvgIpc) is 3.07. The Bertz CT molecular complexity index is 1360. The maximum Gasteiger partial charge on any atom is 0.337 e. The van der Waals surface area contributed by atoms with E-state index in [1.807, 2.05) is 66.7 Å². The van der Waals surface area contributed by atoms with Crippen LogP contribution in [0.3, 0.4) is 0 Å². The zero-order chi connectivity index (χ0) is 31.3. The first-order chi connectivity index (χ1) is 21.4. The van der Waals surface area contributed by atoms with Gasteiger partial charge in [0.25, 0.3) is 0 Å². The number of nitrogens with one attached hydrogen (secondary N) is 1. The number of carbonyl (C=O) groups excluding carboxylic acids is 3. The van der Waals surface area contributed by atoms with Gasteiger partial charge in [0.1, 0.15) is 11.8 Å². The molecule has 3 aromatic rings. The first-order valence-electron chi connectivity index (χ1n) is 14.8. The molecule has 44 heavy (non-hydrogen) atoms. The molecule has 0 bridgehead atoms. The van der Waals surface area contributed by atoms with Crippen LogP contribution in [0.15, 0.2) is 78.9 Å². The normalized spacial score (nSPS) is 14.8. The van der Waals surface area contributed by atoms with Crippen LogP contribution in [0, 0.1) is 0 Å². The van der Waals surface area contributed by atoms with Crippen molar-refractivity contribution in [1.29, 1.82) is 0 Å². The monoisotopic (exact) mass is 603 g/mol. The predicted molar refractivity (Wildman–Crippen MR) is 165 cm³/mol. The summed E-state index contributed by atoms with van der Waals surface area (Å²) in [7, 11) is 2.99. The highest BCUT2D eigenvalue weighted by atomic mass is 16.5. The number of benzene rings is 3. The molecule has 1 aliphatic rings. The van der Waals surface area contributed by atoms with Crippen LogP contribution < -0.4 is 10.1 Å². The van der Waals surface area contributed by atoms with E-state index in [9.17, 15) is 14.4 Å². The second kappa shape index (κ2) is 16.4. The fraction of sp³-hybridized carbons (Fsp3) is 0.382. The van der Waals surface area contributed by atoms with Crippen molar-refractivity contribution >= 4 is 18.0 Å². The van der Waals surface area contributed by atoms with Gasteiger partial charge in [-0.1, -0.05) is 54.6 Å². The molecular weight excluding hydrogens is 562 g/mol. The van der Waals surface area contributed by atoms with Gasteiger partial charge in [-0.2, -0.15) is 0 Å². The van der Waals surface area contributed by atoms with E-state index < -0.39 is 12.0 Å². The summed E-state index contributed by atoms with van der Waals surface area (Å²) in [5.41, 5.74) is 3.34. The number of ether oxygens (including phenoxy) is 4. The summed E-state index contributed by atoms with van der Waals surface area (Å²) in [4.78, 5) is 41.6. The molecule has 0 aromatic heterocycles.